The van der Waals surface area contributed by atoms with Gasteiger partial charge >= 0.3 is 0 Å². The SMILES string of the molecule is Fc1cc(F)c2c(C3CCNCC3)c[nH]c2c1. The molecular weight excluding hydrogens is 222 g/mol. The van der Waals surface area contributed by atoms with Crippen LogP contribution in [0.2, 0.25) is 0 Å². The third-order valence-electron chi connectivity index (χ3n) is 3.51. The second-order valence-corrected chi connectivity index (χ2v) is 4.58. The quantitative estimate of drug-likeness (QED) is 0.782. The molecule has 0 aliphatic carbocycles. The van der Waals surface area contributed by atoms with Crippen molar-refractivity contribution in [3.8, 4) is 0 Å². The van der Waals surface area contributed by atoms with Crippen LogP contribution >= 0.6 is 0 Å². The largest absolute Gasteiger partial charge is 0.361 e. The van der Waals surface area contributed by atoms with Gasteiger partial charge in [0.1, 0.15) is 11.6 Å². The monoisotopic (exact) mass is 236 g/mol. The highest BCUT2D eigenvalue weighted by Crippen LogP contribution is 2.33. The van der Waals surface area contributed by atoms with E-state index in [9.17, 15) is 8.78 Å². The summed E-state index contributed by atoms with van der Waals surface area (Å²) < 4.78 is 26.9. The van der Waals surface area contributed by atoms with Crippen molar-refractivity contribution in [3.63, 3.8) is 0 Å². The van der Waals surface area contributed by atoms with Crippen LogP contribution in [0.4, 0.5) is 8.78 Å². The van der Waals surface area contributed by atoms with E-state index in [4.69, 9.17) is 0 Å². The molecule has 1 aromatic heterocycles. The average molecular weight is 236 g/mol. The summed E-state index contributed by atoms with van der Waals surface area (Å²) in [5.74, 6) is -0.631. The summed E-state index contributed by atoms with van der Waals surface area (Å²) in [6.07, 6.45) is 3.83. The van der Waals surface area contributed by atoms with Gasteiger partial charge in [-0.05, 0) is 43.5 Å². The van der Waals surface area contributed by atoms with Crippen LogP contribution in [0.3, 0.4) is 0 Å². The van der Waals surface area contributed by atoms with E-state index < -0.39 is 11.6 Å². The lowest BCUT2D eigenvalue weighted by Crippen LogP contribution is -2.26. The molecule has 4 heteroatoms. The minimum absolute atomic E-state index is 0.366. The van der Waals surface area contributed by atoms with Gasteiger partial charge in [0.15, 0.2) is 0 Å². The Morgan fingerprint density at radius 1 is 1.12 bits per heavy atom. The van der Waals surface area contributed by atoms with Gasteiger partial charge in [-0.2, -0.15) is 0 Å². The third kappa shape index (κ3) is 1.82. The number of aromatic amines is 1. The fraction of sp³-hybridized carbons (Fsp3) is 0.385. The van der Waals surface area contributed by atoms with Gasteiger partial charge in [0.05, 0.1) is 5.52 Å². The fourth-order valence-corrected chi connectivity index (χ4v) is 2.66. The summed E-state index contributed by atoms with van der Waals surface area (Å²) >= 11 is 0. The highest BCUT2D eigenvalue weighted by molar-refractivity contribution is 5.84. The maximum Gasteiger partial charge on any atom is 0.135 e. The minimum atomic E-state index is -0.534. The maximum atomic E-state index is 13.8. The molecule has 0 amide bonds. The Morgan fingerprint density at radius 2 is 1.88 bits per heavy atom. The fourth-order valence-electron chi connectivity index (χ4n) is 2.66. The molecule has 0 radical (unpaired) electrons. The molecule has 0 spiro atoms. The lowest BCUT2D eigenvalue weighted by atomic mass is 9.90. The van der Waals surface area contributed by atoms with E-state index in [0.29, 0.717) is 16.8 Å². The number of H-pyrrole nitrogens is 1. The first kappa shape index (κ1) is 10.7. The summed E-state index contributed by atoms with van der Waals surface area (Å²) in [5.41, 5.74) is 1.54. The number of rotatable bonds is 1. The normalized spacial score (nSPS) is 17.8. The molecule has 0 bridgehead atoms. The van der Waals surface area contributed by atoms with Crippen molar-refractivity contribution in [1.82, 2.24) is 10.3 Å². The van der Waals surface area contributed by atoms with Gasteiger partial charge in [0, 0.05) is 17.6 Å². The number of hydrogen-bond acceptors (Lipinski definition) is 1. The van der Waals surface area contributed by atoms with Gasteiger partial charge in [-0.1, -0.05) is 0 Å². The standard InChI is InChI=1S/C13H14F2N2/c14-9-5-11(15)13-10(7-17-12(13)6-9)8-1-3-16-4-2-8/h5-8,16-17H,1-4H2. The Bertz CT molecular complexity index is 542. The number of piperidine rings is 1. The molecule has 2 heterocycles. The Morgan fingerprint density at radius 3 is 2.65 bits per heavy atom. The van der Waals surface area contributed by atoms with E-state index >= 15 is 0 Å². The van der Waals surface area contributed by atoms with Crippen molar-refractivity contribution >= 4 is 10.9 Å². The first-order chi connectivity index (χ1) is 8.25. The lowest BCUT2D eigenvalue weighted by molar-refractivity contribution is 0.461. The Labute approximate surface area is 98.0 Å². The van der Waals surface area contributed by atoms with E-state index in [1.54, 1.807) is 0 Å². The number of halogens is 2. The molecule has 17 heavy (non-hydrogen) atoms. The number of fused-ring (bicyclic) bond motifs is 1. The molecule has 1 aromatic carbocycles. The van der Waals surface area contributed by atoms with E-state index in [1.165, 1.54) is 6.07 Å². The van der Waals surface area contributed by atoms with Gasteiger partial charge < -0.3 is 10.3 Å². The molecule has 0 unspecified atom stereocenters. The summed E-state index contributed by atoms with van der Waals surface area (Å²) in [7, 11) is 0. The Balaban J connectivity index is 2.10. The number of hydrogen-bond donors (Lipinski definition) is 2. The summed E-state index contributed by atoms with van der Waals surface area (Å²) in [6, 6.07) is 2.31. The van der Waals surface area contributed by atoms with Gasteiger partial charge in [-0.25, -0.2) is 8.78 Å². The maximum absolute atomic E-state index is 13.8. The zero-order valence-corrected chi connectivity index (χ0v) is 9.39. The van der Waals surface area contributed by atoms with Crippen molar-refractivity contribution < 1.29 is 8.78 Å². The van der Waals surface area contributed by atoms with E-state index in [0.717, 1.165) is 37.6 Å². The topological polar surface area (TPSA) is 27.8 Å². The van der Waals surface area contributed by atoms with Crippen molar-refractivity contribution in [3.05, 3.63) is 35.5 Å². The van der Waals surface area contributed by atoms with Crippen molar-refractivity contribution in [2.45, 2.75) is 18.8 Å². The number of benzene rings is 1. The molecule has 1 saturated heterocycles. The molecule has 1 aliphatic rings. The molecule has 0 atom stereocenters. The van der Waals surface area contributed by atoms with Crippen LogP contribution in [0, 0.1) is 11.6 Å². The second-order valence-electron chi connectivity index (χ2n) is 4.58. The van der Waals surface area contributed by atoms with Gasteiger partial charge in [-0.15, -0.1) is 0 Å². The predicted molar refractivity (Wildman–Crippen MR) is 63.1 cm³/mol. The molecular formula is C13H14F2N2. The summed E-state index contributed by atoms with van der Waals surface area (Å²) in [5, 5.41) is 3.84. The molecule has 90 valence electrons. The smallest absolute Gasteiger partial charge is 0.135 e. The van der Waals surface area contributed by atoms with Gasteiger partial charge in [0.2, 0.25) is 0 Å². The third-order valence-corrected chi connectivity index (χ3v) is 3.51. The van der Waals surface area contributed by atoms with Crippen LogP contribution in [-0.4, -0.2) is 18.1 Å². The lowest BCUT2D eigenvalue weighted by Gasteiger charge is -2.22. The molecule has 3 rings (SSSR count). The molecule has 2 N–H and O–H groups in total. The van der Waals surface area contributed by atoms with Crippen molar-refractivity contribution in [2.75, 3.05) is 13.1 Å². The minimum Gasteiger partial charge on any atom is -0.361 e. The Hall–Kier alpha value is -1.42. The zero-order valence-electron chi connectivity index (χ0n) is 9.39. The van der Waals surface area contributed by atoms with Crippen LogP contribution in [0.1, 0.15) is 24.3 Å². The average Bonchev–Trinajstić information content (AvgIpc) is 2.74. The second kappa shape index (κ2) is 4.11. The first-order valence-corrected chi connectivity index (χ1v) is 5.92. The molecule has 2 aromatic rings. The zero-order chi connectivity index (χ0) is 11.8. The van der Waals surface area contributed by atoms with Gasteiger partial charge in [-0.3, -0.25) is 0 Å². The van der Waals surface area contributed by atoms with Crippen LogP contribution in [0.25, 0.3) is 10.9 Å². The summed E-state index contributed by atoms with van der Waals surface area (Å²) in [6.45, 7) is 1.92. The number of nitrogens with one attached hydrogen (secondary N) is 2. The van der Waals surface area contributed by atoms with Crippen LogP contribution in [-0.2, 0) is 0 Å². The van der Waals surface area contributed by atoms with Crippen LogP contribution in [0.15, 0.2) is 18.3 Å². The van der Waals surface area contributed by atoms with Crippen molar-refractivity contribution in [1.29, 1.82) is 0 Å². The highest BCUT2D eigenvalue weighted by Gasteiger charge is 2.20. The highest BCUT2D eigenvalue weighted by atomic mass is 19.1. The van der Waals surface area contributed by atoms with Gasteiger partial charge in [0.25, 0.3) is 0 Å². The molecule has 1 fully saturated rings. The van der Waals surface area contributed by atoms with Crippen molar-refractivity contribution in [2.24, 2.45) is 0 Å². The summed E-state index contributed by atoms with van der Waals surface area (Å²) in [4.78, 5) is 2.97. The molecule has 0 saturated carbocycles. The van der Waals surface area contributed by atoms with Crippen LogP contribution < -0.4 is 5.32 Å². The predicted octanol–water partition coefficient (Wildman–Crippen LogP) is 2.91. The van der Waals surface area contributed by atoms with E-state index in [-0.39, 0.29) is 0 Å². The van der Waals surface area contributed by atoms with Crippen LogP contribution in [0.5, 0.6) is 0 Å². The van der Waals surface area contributed by atoms with E-state index in [1.807, 2.05) is 6.20 Å². The Kier molecular flexibility index (Phi) is 2.59. The molecule has 2 nitrogen and oxygen atoms in total. The number of aromatic nitrogens is 1. The molecule has 1 aliphatic heterocycles. The van der Waals surface area contributed by atoms with E-state index in [2.05, 4.69) is 10.3 Å². The first-order valence-electron chi connectivity index (χ1n) is 5.92.